The first-order chi connectivity index (χ1) is 14.7. The zero-order chi connectivity index (χ0) is 20.5. The van der Waals surface area contributed by atoms with Gasteiger partial charge in [0, 0.05) is 31.7 Å². The van der Waals surface area contributed by atoms with Gasteiger partial charge < -0.3 is 20.1 Å². The molecule has 3 heterocycles. The highest BCUT2D eigenvalue weighted by Crippen LogP contribution is 2.32. The Labute approximate surface area is 179 Å². The Balaban J connectivity index is 1.10. The third kappa shape index (κ3) is 3.86. The number of carbonyl (C=O) groups excluding carboxylic acids is 1. The molecule has 0 aliphatic carbocycles. The Morgan fingerprint density at radius 2 is 1.90 bits per heavy atom. The van der Waals surface area contributed by atoms with Gasteiger partial charge >= 0.3 is 0 Å². The summed E-state index contributed by atoms with van der Waals surface area (Å²) in [7, 11) is 0. The highest BCUT2D eigenvalue weighted by atomic mass is 32.1. The van der Waals surface area contributed by atoms with Gasteiger partial charge in [0.2, 0.25) is 5.91 Å². The van der Waals surface area contributed by atoms with Crippen molar-refractivity contribution in [2.45, 2.75) is 18.5 Å². The van der Waals surface area contributed by atoms with Crippen LogP contribution >= 0.6 is 11.3 Å². The predicted molar refractivity (Wildman–Crippen MR) is 116 cm³/mol. The molecule has 8 heteroatoms. The standard InChI is InChI=1S/C22H24N4O3S/c23-12-21(27)26-14-15-11-16(26)13-25(15)9-10-28-17-5-7-18(8-6-17)29-22-24-19-3-1-2-4-20(19)30-22/h1-8,15-16H,9-14,23H2. The quantitative estimate of drug-likeness (QED) is 0.628. The van der Waals surface area contributed by atoms with Gasteiger partial charge in [0.05, 0.1) is 16.8 Å². The molecule has 2 aliphatic rings. The molecule has 2 saturated heterocycles. The van der Waals surface area contributed by atoms with Crippen LogP contribution in [0.3, 0.4) is 0 Å². The van der Waals surface area contributed by atoms with E-state index < -0.39 is 0 Å². The maximum Gasteiger partial charge on any atom is 0.279 e. The number of likely N-dealkylation sites (tertiary alicyclic amines) is 2. The van der Waals surface area contributed by atoms with Gasteiger partial charge in [-0.2, -0.15) is 0 Å². The van der Waals surface area contributed by atoms with Crippen LogP contribution < -0.4 is 15.2 Å². The number of aromatic nitrogens is 1. The lowest BCUT2D eigenvalue weighted by Gasteiger charge is -2.33. The third-order valence-electron chi connectivity index (χ3n) is 5.80. The minimum absolute atomic E-state index is 0.0616. The molecule has 1 aromatic heterocycles. The van der Waals surface area contributed by atoms with E-state index in [4.69, 9.17) is 15.2 Å². The van der Waals surface area contributed by atoms with Gasteiger partial charge in [-0.15, -0.1) is 0 Å². The Morgan fingerprint density at radius 1 is 1.10 bits per heavy atom. The van der Waals surface area contributed by atoms with Gasteiger partial charge in [-0.3, -0.25) is 9.69 Å². The number of para-hydroxylation sites is 1. The maximum atomic E-state index is 11.8. The number of carbonyl (C=O) groups is 1. The summed E-state index contributed by atoms with van der Waals surface area (Å²) in [6, 6.07) is 16.4. The number of piperazine rings is 1. The molecule has 2 N–H and O–H groups in total. The lowest BCUT2D eigenvalue weighted by molar-refractivity contribution is -0.132. The van der Waals surface area contributed by atoms with Crippen LogP contribution in [0.4, 0.5) is 0 Å². The fourth-order valence-electron chi connectivity index (χ4n) is 4.33. The van der Waals surface area contributed by atoms with Crippen molar-refractivity contribution in [2.24, 2.45) is 5.73 Å². The Kier molecular flexibility index (Phi) is 5.28. The number of ether oxygens (including phenoxy) is 2. The Morgan fingerprint density at radius 3 is 2.63 bits per heavy atom. The second-order valence-electron chi connectivity index (χ2n) is 7.66. The molecule has 5 rings (SSSR count). The molecule has 2 unspecified atom stereocenters. The average molecular weight is 425 g/mol. The van der Waals surface area contributed by atoms with Crippen molar-refractivity contribution in [1.29, 1.82) is 0 Å². The van der Waals surface area contributed by atoms with E-state index in [0.29, 0.717) is 23.9 Å². The van der Waals surface area contributed by atoms with Gasteiger partial charge in [-0.25, -0.2) is 4.98 Å². The van der Waals surface area contributed by atoms with Crippen LogP contribution in [0.15, 0.2) is 48.5 Å². The Hall–Kier alpha value is -2.68. The first kappa shape index (κ1) is 19.3. The summed E-state index contributed by atoms with van der Waals surface area (Å²) in [6.07, 6.45) is 1.05. The molecule has 2 aliphatic heterocycles. The lowest BCUT2D eigenvalue weighted by atomic mass is 10.2. The van der Waals surface area contributed by atoms with Gasteiger partial charge in [0.15, 0.2) is 0 Å². The van der Waals surface area contributed by atoms with E-state index in [9.17, 15) is 4.79 Å². The molecule has 0 radical (unpaired) electrons. The molecule has 2 bridgehead atoms. The second kappa shape index (κ2) is 8.22. The van der Waals surface area contributed by atoms with Crippen LogP contribution in [-0.4, -0.2) is 65.6 Å². The molecule has 1 amide bonds. The normalized spacial score (nSPS) is 20.8. The maximum absolute atomic E-state index is 11.8. The van der Waals surface area contributed by atoms with Crippen LogP contribution in [0.25, 0.3) is 10.2 Å². The summed E-state index contributed by atoms with van der Waals surface area (Å²) in [5.74, 6) is 1.62. The summed E-state index contributed by atoms with van der Waals surface area (Å²) < 4.78 is 12.9. The van der Waals surface area contributed by atoms with E-state index in [1.54, 1.807) is 0 Å². The van der Waals surface area contributed by atoms with Crippen molar-refractivity contribution in [3.8, 4) is 16.7 Å². The largest absolute Gasteiger partial charge is 0.492 e. The van der Waals surface area contributed by atoms with Crippen molar-refractivity contribution in [3.63, 3.8) is 0 Å². The highest BCUT2D eigenvalue weighted by molar-refractivity contribution is 7.20. The molecule has 0 spiro atoms. The SMILES string of the molecule is NCC(=O)N1CC2CC1CN2CCOc1ccc(Oc2nc3ccccc3s2)cc1. The number of benzene rings is 2. The highest BCUT2D eigenvalue weighted by Gasteiger charge is 2.44. The van der Waals surface area contributed by atoms with Crippen molar-refractivity contribution in [2.75, 3.05) is 32.8 Å². The zero-order valence-electron chi connectivity index (χ0n) is 16.6. The number of thiazole rings is 1. The Bertz CT molecular complexity index is 1010. The van der Waals surface area contributed by atoms with Crippen molar-refractivity contribution in [3.05, 3.63) is 48.5 Å². The molecule has 0 saturated carbocycles. The number of rotatable bonds is 7. The van der Waals surface area contributed by atoms with Crippen molar-refractivity contribution >= 4 is 27.5 Å². The lowest BCUT2D eigenvalue weighted by Crippen LogP contribution is -2.51. The van der Waals surface area contributed by atoms with E-state index in [1.807, 2.05) is 53.4 Å². The van der Waals surface area contributed by atoms with Gasteiger partial charge in [0.1, 0.15) is 18.1 Å². The van der Waals surface area contributed by atoms with Gasteiger partial charge in [0.25, 0.3) is 5.19 Å². The minimum atomic E-state index is 0.0616. The summed E-state index contributed by atoms with van der Waals surface area (Å²) in [5, 5.41) is 0.635. The topological polar surface area (TPSA) is 80.9 Å². The van der Waals surface area contributed by atoms with Crippen LogP contribution in [0, 0.1) is 0 Å². The first-order valence-electron chi connectivity index (χ1n) is 10.2. The summed E-state index contributed by atoms with van der Waals surface area (Å²) in [4.78, 5) is 20.7. The number of amides is 1. The predicted octanol–water partition coefficient (Wildman–Crippen LogP) is 2.71. The number of nitrogens with zero attached hydrogens (tertiary/aromatic N) is 3. The second-order valence-corrected chi connectivity index (χ2v) is 8.65. The minimum Gasteiger partial charge on any atom is -0.492 e. The first-order valence-corrected chi connectivity index (χ1v) is 11.0. The molecule has 156 valence electrons. The van der Waals surface area contributed by atoms with E-state index >= 15 is 0 Å². The smallest absolute Gasteiger partial charge is 0.279 e. The van der Waals surface area contributed by atoms with E-state index in [1.165, 1.54) is 11.3 Å². The average Bonchev–Trinajstić information content (AvgIpc) is 3.48. The zero-order valence-corrected chi connectivity index (χ0v) is 17.4. The molecule has 2 aromatic carbocycles. The monoisotopic (exact) mass is 424 g/mol. The van der Waals surface area contributed by atoms with E-state index in [0.717, 1.165) is 47.8 Å². The molecule has 30 heavy (non-hydrogen) atoms. The van der Waals surface area contributed by atoms with Crippen LogP contribution in [0.1, 0.15) is 6.42 Å². The molecule has 3 aromatic rings. The number of hydrogen-bond donors (Lipinski definition) is 1. The summed E-state index contributed by atoms with van der Waals surface area (Å²) >= 11 is 1.53. The molecular formula is C22H24N4O3S. The molecular weight excluding hydrogens is 400 g/mol. The van der Waals surface area contributed by atoms with Crippen LogP contribution in [0.2, 0.25) is 0 Å². The number of nitrogens with two attached hydrogens (primary N) is 1. The van der Waals surface area contributed by atoms with Crippen molar-refractivity contribution in [1.82, 2.24) is 14.8 Å². The van der Waals surface area contributed by atoms with E-state index in [2.05, 4.69) is 9.88 Å². The molecule has 2 fully saturated rings. The molecule has 7 nitrogen and oxygen atoms in total. The van der Waals surface area contributed by atoms with Crippen LogP contribution in [-0.2, 0) is 4.79 Å². The van der Waals surface area contributed by atoms with E-state index in [-0.39, 0.29) is 12.5 Å². The van der Waals surface area contributed by atoms with Crippen molar-refractivity contribution < 1.29 is 14.3 Å². The fourth-order valence-corrected chi connectivity index (χ4v) is 5.16. The number of hydrogen-bond acceptors (Lipinski definition) is 7. The van der Waals surface area contributed by atoms with Gasteiger partial charge in [-0.05, 0) is 42.8 Å². The summed E-state index contributed by atoms with van der Waals surface area (Å²) in [5.41, 5.74) is 6.45. The fraction of sp³-hybridized carbons (Fsp3) is 0.364. The molecule has 2 atom stereocenters. The van der Waals surface area contributed by atoms with Gasteiger partial charge in [-0.1, -0.05) is 23.5 Å². The third-order valence-corrected chi connectivity index (χ3v) is 6.71. The van der Waals surface area contributed by atoms with Crippen LogP contribution in [0.5, 0.6) is 16.7 Å². The summed E-state index contributed by atoms with van der Waals surface area (Å²) in [6.45, 7) is 3.28. The number of fused-ring (bicyclic) bond motifs is 3.